The van der Waals surface area contributed by atoms with Crippen molar-refractivity contribution in [3.63, 3.8) is 0 Å². The van der Waals surface area contributed by atoms with Gasteiger partial charge in [0.05, 0.1) is 0 Å². The van der Waals surface area contributed by atoms with E-state index in [0.717, 1.165) is 11.3 Å². The maximum absolute atomic E-state index is 8.66. The molecule has 0 heterocycles. The van der Waals surface area contributed by atoms with Crippen LogP contribution in [0.3, 0.4) is 0 Å². The molecule has 0 aliphatic carbocycles. The average Bonchev–Trinajstić information content (AvgIpc) is 2.26. The van der Waals surface area contributed by atoms with Crippen LogP contribution in [-0.2, 0) is 0 Å². The molecule has 1 aromatic carbocycles. The summed E-state index contributed by atoms with van der Waals surface area (Å²) in [6.45, 7) is 0. The second-order valence-corrected chi connectivity index (χ2v) is 3.23. The van der Waals surface area contributed by atoms with Gasteiger partial charge in [-0.25, -0.2) is 0 Å². The van der Waals surface area contributed by atoms with Gasteiger partial charge in [0.2, 0.25) is 0 Å². The van der Waals surface area contributed by atoms with Crippen LogP contribution < -0.4 is 4.90 Å². The summed E-state index contributed by atoms with van der Waals surface area (Å²) in [4.78, 5) is 1.94. The number of nitriles is 2. The molecule has 0 N–H and O–H groups in total. The van der Waals surface area contributed by atoms with Crippen LogP contribution in [0.4, 0.5) is 5.69 Å². The van der Waals surface area contributed by atoms with E-state index in [1.54, 1.807) is 6.08 Å². The smallest absolute Gasteiger partial charge is 0.130 e. The largest absolute Gasteiger partial charge is 0.377 e. The van der Waals surface area contributed by atoms with Crippen LogP contribution in [-0.4, -0.2) is 14.1 Å². The zero-order chi connectivity index (χ0) is 11.3. The summed E-state index contributed by atoms with van der Waals surface area (Å²) < 4.78 is 0. The van der Waals surface area contributed by atoms with E-state index in [4.69, 9.17) is 10.5 Å². The van der Waals surface area contributed by atoms with E-state index in [9.17, 15) is 0 Å². The molecular formula is C12H11N3. The molecule has 0 aliphatic rings. The van der Waals surface area contributed by atoms with Gasteiger partial charge in [-0.15, -0.1) is 0 Å². The van der Waals surface area contributed by atoms with Crippen LogP contribution in [0.25, 0.3) is 6.08 Å². The van der Waals surface area contributed by atoms with Crippen molar-refractivity contribution in [3.8, 4) is 12.1 Å². The molecule has 0 spiro atoms. The van der Waals surface area contributed by atoms with Gasteiger partial charge in [-0.05, 0) is 17.7 Å². The van der Waals surface area contributed by atoms with E-state index in [1.807, 2.05) is 55.4 Å². The molecule has 0 atom stereocenters. The summed E-state index contributed by atoms with van der Waals surface area (Å²) in [5.41, 5.74) is 1.98. The zero-order valence-corrected chi connectivity index (χ0v) is 8.73. The molecule has 1 aromatic rings. The Labute approximate surface area is 89.5 Å². The Hall–Kier alpha value is -2.26. The van der Waals surface area contributed by atoms with Crippen molar-refractivity contribution in [3.05, 3.63) is 35.4 Å². The van der Waals surface area contributed by atoms with Gasteiger partial charge in [0, 0.05) is 19.8 Å². The topological polar surface area (TPSA) is 50.8 Å². The molecule has 0 aromatic heterocycles. The lowest BCUT2D eigenvalue weighted by atomic mass is 10.1. The minimum Gasteiger partial charge on any atom is -0.377 e. The van der Waals surface area contributed by atoms with Crippen LogP contribution >= 0.6 is 0 Å². The number of allylic oxidation sites excluding steroid dienone is 1. The van der Waals surface area contributed by atoms with E-state index in [0.29, 0.717) is 0 Å². The Kier molecular flexibility index (Phi) is 3.49. The molecule has 3 heteroatoms. The molecule has 0 bridgehead atoms. The van der Waals surface area contributed by atoms with Crippen molar-refractivity contribution in [1.82, 2.24) is 0 Å². The molecule has 15 heavy (non-hydrogen) atoms. The fourth-order valence-electron chi connectivity index (χ4n) is 1.26. The summed E-state index contributed by atoms with van der Waals surface area (Å²) in [5, 5.41) is 17.3. The molecule has 0 saturated carbocycles. The summed E-state index contributed by atoms with van der Waals surface area (Å²) in [7, 11) is 3.84. The van der Waals surface area contributed by atoms with Gasteiger partial charge in [-0.2, -0.15) is 10.5 Å². The Bertz CT molecular complexity index is 442. The lowest BCUT2D eigenvalue weighted by Crippen LogP contribution is -2.09. The first kappa shape index (κ1) is 10.8. The third kappa shape index (κ3) is 2.59. The van der Waals surface area contributed by atoms with E-state index in [2.05, 4.69) is 0 Å². The average molecular weight is 197 g/mol. The van der Waals surface area contributed by atoms with Crippen molar-refractivity contribution in [2.75, 3.05) is 19.0 Å². The minimum atomic E-state index is 0.115. The quantitative estimate of drug-likeness (QED) is 0.683. The van der Waals surface area contributed by atoms with Gasteiger partial charge in [-0.3, -0.25) is 0 Å². The first-order chi connectivity index (χ1) is 7.19. The zero-order valence-electron chi connectivity index (χ0n) is 8.73. The summed E-state index contributed by atoms with van der Waals surface area (Å²) in [6.07, 6.45) is 1.59. The highest BCUT2D eigenvalue weighted by atomic mass is 15.1. The summed E-state index contributed by atoms with van der Waals surface area (Å²) in [5.74, 6) is 0. The molecule has 74 valence electrons. The lowest BCUT2D eigenvalue weighted by Gasteiger charge is -2.15. The molecule has 0 aliphatic heterocycles. The Morgan fingerprint density at radius 2 is 1.80 bits per heavy atom. The number of nitrogens with zero attached hydrogens (tertiary/aromatic N) is 3. The van der Waals surface area contributed by atoms with Crippen LogP contribution in [0, 0.1) is 22.7 Å². The van der Waals surface area contributed by atoms with Crippen molar-refractivity contribution < 1.29 is 0 Å². The Balaban J connectivity index is 3.23. The van der Waals surface area contributed by atoms with E-state index in [1.165, 1.54) is 0 Å². The number of anilines is 1. The fraction of sp³-hybridized carbons (Fsp3) is 0.167. The molecule has 0 amide bonds. The molecule has 3 nitrogen and oxygen atoms in total. The second kappa shape index (κ2) is 4.83. The Morgan fingerprint density at radius 1 is 1.20 bits per heavy atom. The second-order valence-electron chi connectivity index (χ2n) is 3.23. The first-order valence-electron chi connectivity index (χ1n) is 4.47. The molecule has 0 unspecified atom stereocenters. The molecular weight excluding hydrogens is 186 g/mol. The van der Waals surface area contributed by atoms with Crippen LogP contribution in [0.2, 0.25) is 0 Å². The maximum atomic E-state index is 8.66. The van der Waals surface area contributed by atoms with Gasteiger partial charge in [0.25, 0.3) is 0 Å². The normalized spacial score (nSPS) is 8.53. The minimum absolute atomic E-state index is 0.115. The predicted octanol–water partition coefficient (Wildman–Crippen LogP) is 2.18. The SMILES string of the molecule is CN(C)c1ccccc1C=C(C#N)C#N. The van der Waals surface area contributed by atoms with E-state index < -0.39 is 0 Å². The number of para-hydroxylation sites is 1. The van der Waals surface area contributed by atoms with Crippen LogP contribution in [0.1, 0.15) is 5.56 Å². The van der Waals surface area contributed by atoms with Crippen molar-refractivity contribution in [1.29, 1.82) is 10.5 Å². The van der Waals surface area contributed by atoms with Gasteiger partial charge in [-0.1, -0.05) is 18.2 Å². The number of hydrogen-bond acceptors (Lipinski definition) is 3. The number of hydrogen-bond donors (Lipinski definition) is 0. The summed E-state index contributed by atoms with van der Waals surface area (Å²) in [6, 6.07) is 11.3. The number of benzene rings is 1. The molecule has 0 saturated heterocycles. The van der Waals surface area contributed by atoms with Gasteiger partial charge in [0.15, 0.2) is 0 Å². The van der Waals surface area contributed by atoms with Crippen molar-refractivity contribution in [2.45, 2.75) is 0 Å². The van der Waals surface area contributed by atoms with Gasteiger partial charge >= 0.3 is 0 Å². The maximum Gasteiger partial charge on any atom is 0.130 e. The molecule has 1 rings (SSSR count). The lowest BCUT2D eigenvalue weighted by molar-refractivity contribution is 1.13. The fourth-order valence-corrected chi connectivity index (χ4v) is 1.26. The van der Waals surface area contributed by atoms with Crippen LogP contribution in [0.5, 0.6) is 0 Å². The number of rotatable bonds is 2. The van der Waals surface area contributed by atoms with Crippen molar-refractivity contribution >= 4 is 11.8 Å². The van der Waals surface area contributed by atoms with Crippen LogP contribution in [0.15, 0.2) is 29.8 Å². The standard InChI is InChI=1S/C12H11N3/c1-15(2)12-6-4-3-5-11(12)7-10(8-13)9-14/h3-7H,1-2H3. The Morgan fingerprint density at radius 3 is 2.33 bits per heavy atom. The monoisotopic (exact) mass is 197 g/mol. The van der Waals surface area contributed by atoms with Gasteiger partial charge in [0.1, 0.15) is 17.7 Å². The molecule has 0 fully saturated rings. The van der Waals surface area contributed by atoms with Crippen molar-refractivity contribution in [2.24, 2.45) is 0 Å². The third-order valence-electron chi connectivity index (χ3n) is 1.96. The first-order valence-corrected chi connectivity index (χ1v) is 4.47. The van der Waals surface area contributed by atoms with Gasteiger partial charge < -0.3 is 4.90 Å². The predicted molar refractivity (Wildman–Crippen MR) is 60.0 cm³/mol. The molecule has 0 radical (unpaired) electrons. The highest BCUT2D eigenvalue weighted by Crippen LogP contribution is 2.20. The summed E-state index contributed by atoms with van der Waals surface area (Å²) >= 11 is 0. The van der Waals surface area contributed by atoms with E-state index >= 15 is 0 Å². The highest BCUT2D eigenvalue weighted by molar-refractivity contribution is 5.72. The third-order valence-corrected chi connectivity index (χ3v) is 1.96. The van der Waals surface area contributed by atoms with E-state index in [-0.39, 0.29) is 5.57 Å². The highest BCUT2D eigenvalue weighted by Gasteiger charge is 2.02.